The van der Waals surface area contributed by atoms with E-state index < -0.39 is 0 Å². The predicted molar refractivity (Wildman–Crippen MR) is 107 cm³/mol. The van der Waals surface area contributed by atoms with Gasteiger partial charge in [-0.05, 0) is 54.4 Å². The first-order valence-corrected chi connectivity index (χ1v) is 9.46. The van der Waals surface area contributed by atoms with Gasteiger partial charge in [0.25, 0.3) is 0 Å². The number of aryl methyl sites for hydroxylation is 1. The number of halogens is 1. The van der Waals surface area contributed by atoms with Crippen LogP contribution in [0.3, 0.4) is 0 Å². The van der Waals surface area contributed by atoms with Crippen molar-refractivity contribution < 1.29 is 4.79 Å². The summed E-state index contributed by atoms with van der Waals surface area (Å²) in [4.78, 5) is 15.0. The molecule has 0 aliphatic carbocycles. The van der Waals surface area contributed by atoms with E-state index in [9.17, 15) is 4.79 Å². The molecule has 1 aromatic heterocycles. The average molecular weight is 410 g/mol. The highest BCUT2D eigenvalue weighted by Gasteiger charge is 2.32. The number of benzene rings is 2. The van der Waals surface area contributed by atoms with Crippen LogP contribution in [0.1, 0.15) is 22.9 Å². The second-order valence-electron chi connectivity index (χ2n) is 6.57. The molecule has 2 aromatic carbocycles. The molecule has 4 rings (SSSR count). The normalized spacial score (nSPS) is 16.2. The smallest absolute Gasteiger partial charge is 0.322 e. The molecule has 132 valence electrons. The van der Waals surface area contributed by atoms with Gasteiger partial charge in [0.1, 0.15) is 0 Å². The minimum absolute atomic E-state index is 0.0732. The van der Waals surface area contributed by atoms with E-state index in [0.29, 0.717) is 6.54 Å². The van der Waals surface area contributed by atoms with E-state index in [1.807, 2.05) is 54.3 Å². The quantitative estimate of drug-likeness (QED) is 0.620. The molecule has 4 nitrogen and oxygen atoms in total. The van der Waals surface area contributed by atoms with E-state index in [1.54, 1.807) is 0 Å². The van der Waals surface area contributed by atoms with Gasteiger partial charge < -0.3 is 14.8 Å². The maximum atomic E-state index is 13.1. The Balaban J connectivity index is 1.67. The lowest BCUT2D eigenvalue weighted by molar-refractivity contribution is 0.182. The van der Waals surface area contributed by atoms with Gasteiger partial charge in [-0.2, -0.15) is 0 Å². The number of urea groups is 1. The van der Waals surface area contributed by atoms with Crippen LogP contribution in [-0.4, -0.2) is 22.0 Å². The van der Waals surface area contributed by atoms with Crippen LogP contribution in [0.4, 0.5) is 10.5 Å². The Hall–Kier alpha value is -2.53. The van der Waals surface area contributed by atoms with Gasteiger partial charge in [0, 0.05) is 35.1 Å². The van der Waals surface area contributed by atoms with Crippen LogP contribution >= 0.6 is 15.9 Å². The van der Waals surface area contributed by atoms with Crippen LogP contribution in [0.15, 0.2) is 71.3 Å². The Morgan fingerprint density at radius 2 is 1.88 bits per heavy atom. The fourth-order valence-electron chi connectivity index (χ4n) is 3.52. The molecule has 1 unspecified atom stereocenters. The maximum absolute atomic E-state index is 13.1. The summed E-state index contributed by atoms with van der Waals surface area (Å²) in [7, 11) is 0. The molecule has 26 heavy (non-hydrogen) atoms. The standard InChI is InChI=1S/C21H20BrN3O/c1-15-4-2-5-18(14-15)23-21(26)25-13-12-24-11-3-6-19(24)20(25)16-7-9-17(22)10-8-16/h2-11,14,20H,12-13H2,1H3,(H,23,26). The van der Waals surface area contributed by atoms with Crippen LogP contribution in [0.2, 0.25) is 0 Å². The number of carbonyl (C=O) groups is 1. The van der Waals surface area contributed by atoms with Crippen LogP contribution < -0.4 is 5.32 Å². The van der Waals surface area contributed by atoms with E-state index in [2.05, 4.69) is 50.2 Å². The summed E-state index contributed by atoms with van der Waals surface area (Å²) in [6.07, 6.45) is 2.08. The highest BCUT2D eigenvalue weighted by atomic mass is 79.9. The molecule has 1 aliphatic heterocycles. The number of hydrogen-bond acceptors (Lipinski definition) is 1. The summed E-state index contributed by atoms with van der Waals surface area (Å²) in [5.74, 6) is 0. The van der Waals surface area contributed by atoms with Gasteiger partial charge >= 0.3 is 6.03 Å². The number of amides is 2. The molecule has 0 saturated carbocycles. The van der Waals surface area contributed by atoms with Gasteiger partial charge in [0.2, 0.25) is 0 Å². The summed E-state index contributed by atoms with van der Waals surface area (Å²) in [5.41, 5.74) is 4.19. The SMILES string of the molecule is Cc1cccc(NC(=O)N2CCn3cccc3C2c2ccc(Br)cc2)c1. The molecule has 1 aliphatic rings. The van der Waals surface area contributed by atoms with Gasteiger partial charge in [-0.1, -0.05) is 40.2 Å². The number of fused-ring (bicyclic) bond motifs is 1. The predicted octanol–water partition coefficient (Wildman–Crippen LogP) is 5.20. The Morgan fingerprint density at radius 1 is 1.08 bits per heavy atom. The molecule has 1 N–H and O–H groups in total. The zero-order valence-electron chi connectivity index (χ0n) is 14.5. The topological polar surface area (TPSA) is 37.3 Å². The van der Waals surface area contributed by atoms with Gasteiger partial charge in [0.15, 0.2) is 0 Å². The van der Waals surface area contributed by atoms with Crippen molar-refractivity contribution in [1.82, 2.24) is 9.47 Å². The number of aromatic nitrogens is 1. The van der Waals surface area contributed by atoms with Crippen molar-refractivity contribution in [3.05, 3.63) is 88.2 Å². The monoisotopic (exact) mass is 409 g/mol. The van der Waals surface area contributed by atoms with Crippen molar-refractivity contribution in [2.75, 3.05) is 11.9 Å². The second-order valence-corrected chi connectivity index (χ2v) is 7.49. The number of nitrogens with zero attached hydrogens (tertiary/aromatic N) is 2. The van der Waals surface area contributed by atoms with Gasteiger partial charge in [-0.15, -0.1) is 0 Å². The van der Waals surface area contributed by atoms with Crippen LogP contribution in [0.25, 0.3) is 0 Å². The third kappa shape index (κ3) is 3.27. The lowest BCUT2D eigenvalue weighted by atomic mass is 10.0. The first-order valence-electron chi connectivity index (χ1n) is 8.66. The molecule has 0 bridgehead atoms. The Labute approximate surface area is 161 Å². The fourth-order valence-corrected chi connectivity index (χ4v) is 3.78. The number of nitrogens with one attached hydrogen (secondary N) is 1. The third-order valence-electron chi connectivity index (χ3n) is 4.75. The molecule has 2 heterocycles. The largest absolute Gasteiger partial charge is 0.348 e. The average Bonchev–Trinajstić information content (AvgIpc) is 3.10. The molecule has 3 aromatic rings. The van der Waals surface area contributed by atoms with Crippen molar-refractivity contribution in [2.45, 2.75) is 19.5 Å². The minimum Gasteiger partial charge on any atom is -0.348 e. The van der Waals surface area contributed by atoms with E-state index in [-0.39, 0.29) is 12.1 Å². The maximum Gasteiger partial charge on any atom is 0.322 e. The van der Waals surface area contributed by atoms with Crippen molar-refractivity contribution in [2.24, 2.45) is 0 Å². The number of anilines is 1. The van der Waals surface area contributed by atoms with E-state index >= 15 is 0 Å². The van der Waals surface area contributed by atoms with Crippen molar-refractivity contribution in [3.8, 4) is 0 Å². The van der Waals surface area contributed by atoms with E-state index in [4.69, 9.17) is 0 Å². The van der Waals surface area contributed by atoms with Crippen molar-refractivity contribution in [1.29, 1.82) is 0 Å². The second kappa shape index (κ2) is 7.00. The van der Waals surface area contributed by atoms with Crippen LogP contribution in [0, 0.1) is 6.92 Å². The lowest BCUT2D eigenvalue weighted by Crippen LogP contribution is -2.44. The third-order valence-corrected chi connectivity index (χ3v) is 5.28. The van der Waals surface area contributed by atoms with Gasteiger partial charge in [-0.25, -0.2) is 4.79 Å². The molecule has 0 radical (unpaired) electrons. The Morgan fingerprint density at radius 3 is 2.65 bits per heavy atom. The van der Waals surface area contributed by atoms with Crippen LogP contribution in [0.5, 0.6) is 0 Å². The Kier molecular flexibility index (Phi) is 4.55. The van der Waals surface area contributed by atoms with Gasteiger partial charge in [-0.3, -0.25) is 0 Å². The highest BCUT2D eigenvalue weighted by Crippen LogP contribution is 2.33. The molecule has 5 heteroatoms. The molecular formula is C21H20BrN3O. The van der Waals surface area contributed by atoms with Crippen molar-refractivity contribution in [3.63, 3.8) is 0 Å². The number of hydrogen-bond donors (Lipinski definition) is 1. The van der Waals surface area contributed by atoms with Crippen LogP contribution in [-0.2, 0) is 6.54 Å². The zero-order chi connectivity index (χ0) is 18.1. The number of rotatable bonds is 2. The summed E-state index contributed by atoms with van der Waals surface area (Å²) in [6.45, 7) is 3.49. The number of carbonyl (C=O) groups excluding carboxylic acids is 1. The minimum atomic E-state index is -0.100. The molecular weight excluding hydrogens is 390 g/mol. The first-order chi connectivity index (χ1) is 12.6. The summed E-state index contributed by atoms with van der Waals surface area (Å²) in [5, 5.41) is 3.06. The fraction of sp³-hybridized carbons (Fsp3) is 0.190. The summed E-state index contributed by atoms with van der Waals surface area (Å²) >= 11 is 3.49. The Bertz CT molecular complexity index is 932. The zero-order valence-corrected chi connectivity index (χ0v) is 16.1. The van der Waals surface area contributed by atoms with E-state index in [1.165, 1.54) is 0 Å². The first kappa shape index (κ1) is 16.9. The van der Waals surface area contributed by atoms with Crippen molar-refractivity contribution >= 4 is 27.6 Å². The molecule has 1 atom stereocenters. The lowest BCUT2D eigenvalue weighted by Gasteiger charge is -2.37. The molecule has 0 fully saturated rings. The molecule has 0 spiro atoms. The molecule has 2 amide bonds. The van der Waals surface area contributed by atoms with Gasteiger partial charge in [0.05, 0.1) is 6.04 Å². The highest BCUT2D eigenvalue weighted by molar-refractivity contribution is 9.10. The molecule has 0 saturated heterocycles. The summed E-state index contributed by atoms with van der Waals surface area (Å²) in [6, 6.07) is 20.0. The summed E-state index contributed by atoms with van der Waals surface area (Å²) < 4.78 is 3.26. The van der Waals surface area contributed by atoms with E-state index in [0.717, 1.165) is 33.5 Å².